The van der Waals surface area contributed by atoms with Crippen LogP contribution >= 0.6 is 0 Å². The zero-order valence-corrected chi connectivity index (χ0v) is 16.4. The molecule has 0 bridgehead atoms. The number of ether oxygens (including phenoxy) is 2. The molecule has 158 valence electrons. The van der Waals surface area contributed by atoms with Crippen LogP contribution in [-0.4, -0.2) is 37.7 Å². The molecular weight excluding hydrogens is 405 g/mol. The fourth-order valence-corrected chi connectivity index (χ4v) is 3.91. The Bertz CT molecular complexity index is 1140. The molecule has 2 aromatic carbocycles. The molecule has 3 aliphatic rings. The van der Waals surface area contributed by atoms with Crippen LogP contribution in [0.3, 0.4) is 0 Å². The standard InChI is InChI=1S/C22H18FN3O5/c23-16-10-13(3-5-17(16)25-7-1-2-8-25)9-15-20(27)24-22(29)26(21(15)28)14-4-6-18-19(11-14)31-12-30-18/h3-6,9-11H,1-2,7-8,12H2,(H,24,27,29). The van der Waals surface area contributed by atoms with Gasteiger partial charge in [-0.25, -0.2) is 14.1 Å². The maximum atomic E-state index is 14.6. The summed E-state index contributed by atoms with van der Waals surface area (Å²) in [5.41, 5.74) is 0.793. The number of anilines is 2. The number of hydrogen-bond donors (Lipinski definition) is 1. The molecule has 31 heavy (non-hydrogen) atoms. The number of hydrogen-bond acceptors (Lipinski definition) is 6. The maximum absolute atomic E-state index is 14.6. The minimum absolute atomic E-state index is 0.0432. The molecule has 9 heteroatoms. The van der Waals surface area contributed by atoms with Crippen LogP contribution < -0.4 is 24.6 Å². The zero-order chi connectivity index (χ0) is 21.5. The summed E-state index contributed by atoms with van der Waals surface area (Å²) in [6, 6.07) is 8.26. The summed E-state index contributed by atoms with van der Waals surface area (Å²) in [7, 11) is 0. The second-order valence-electron chi connectivity index (χ2n) is 7.40. The Morgan fingerprint density at radius 1 is 0.968 bits per heavy atom. The molecule has 3 heterocycles. The molecule has 0 radical (unpaired) electrons. The Kier molecular flexibility index (Phi) is 4.58. The lowest BCUT2D eigenvalue weighted by Gasteiger charge is -2.26. The Balaban J connectivity index is 1.46. The molecule has 2 aromatic rings. The van der Waals surface area contributed by atoms with Gasteiger partial charge in [0.1, 0.15) is 11.4 Å². The van der Waals surface area contributed by atoms with Crippen LogP contribution in [0.5, 0.6) is 11.5 Å². The number of barbiturate groups is 1. The lowest BCUT2D eigenvalue weighted by molar-refractivity contribution is -0.122. The molecule has 8 nitrogen and oxygen atoms in total. The van der Waals surface area contributed by atoms with E-state index in [4.69, 9.17) is 9.47 Å². The summed E-state index contributed by atoms with van der Waals surface area (Å²) in [5.74, 6) is -1.19. The second-order valence-corrected chi connectivity index (χ2v) is 7.40. The largest absolute Gasteiger partial charge is 0.454 e. The van der Waals surface area contributed by atoms with Crippen molar-refractivity contribution >= 4 is 35.3 Å². The molecule has 0 saturated carbocycles. The maximum Gasteiger partial charge on any atom is 0.335 e. The molecule has 0 unspecified atom stereocenters. The molecule has 2 saturated heterocycles. The molecule has 3 aliphatic heterocycles. The van der Waals surface area contributed by atoms with Gasteiger partial charge < -0.3 is 14.4 Å². The van der Waals surface area contributed by atoms with Gasteiger partial charge in [-0.05, 0) is 48.7 Å². The van der Waals surface area contributed by atoms with Crippen LogP contribution in [-0.2, 0) is 9.59 Å². The van der Waals surface area contributed by atoms with Crippen molar-refractivity contribution < 1.29 is 28.2 Å². The van der Waals surface area contributed by atoms with Gasteiger partial charge in [0.05, 0.1) is 11.4 Å². The van der Waals surface area contributed by atoms with Crippen LogP contribution in [0.2, 0.25) is 0 Å². The van der Waals surface area contributed by atoms with E-state index in [1.165, 1.54) is 24.3 Å². The van der Waals surface area contributed by atoms with Crippen LogP contribution in [0.25, 0.3) is 6.08 Å². The number of urea groups is 1. The molecule has 0 aromatic heterocycles. The van der Waals surface area contributed by atoms with Crippen molar-refractivity contribution in [3.8, 4) is 11.5 Å². The van der Waals surface area contributed by atoms with Crippen molar-refractivity contribution in [1.82, 2.24) is 5.32 Å². The first kappa shape index (κ1) is 19.1. The first-order chi connectivity index (χ1) is 15.0. The van der Waals surface area contributed by atoms with Gasteiger partial charge in [-0.1, -0.05) is 6.07 Å². The van der Waals surface area contributed by atoms with Gasteiger partial charge in [0.2, 0.25) is 6.79 Å². The van der Waals surface area contributed by atoms with Gasteiger partial charge in [0.15, 0.2) is 11.5 Å². The number of fused-ring (bicyclic) bond motifs is 1. The van der Waals surface area contributed by atoms with Crippen molar-refractivity contribution in [2.45, 2.75) is 12.8 Å². The SMILES string of the molecule is O=C1NC(=O)N(c2ccc3c(c2)OCO3)C(=O)C1=Cc1ccc(N2CCCC2)c(F)c1. The number of imide groups is 2. The molecule has 0 aliphatic carbocycles. The third kappa shape index (κ3) is 3.37. The highest BCUT2D eigenvalue weighted by Crippen LogP contribution is 2.36. The van der Waals surface area contributed by atoms with Crippen LogP contribution in [0, 0.1) is 5.82 Å². The number of nitrogens with one attached hydrogen (secondary N) is 1. The van der Waals surface area contributed by atoms with Crippen molar-refractivity contribution in [3.05, 3.63) is 53.4 Å². The second kappa shape index (κ2) is 7.42. The molecular formula is C22H18FN3O5. The van der Waals surface area contributed by atoms with Crippen molar-refractivity contribution in [2.75, 3.05) is 29.7 Å². The Hall–Kier alpha value is -3.88. The van der Waals surface area contributed by atoms with Crippen molar-refractivity contribution in [2.24, 2.45) is 0 Å². The number of halogens is 1. The zero-order valence-electron chi connectivity index (χ0n) is 16.4. The summed E-state index contributed by atoms with van der Waals surface area (Å²) in [6.07, 6.45) is 3.31. The first-order valence-electron chi connectivity index (χ1n) is 9.87. The van der Waals surface area contributed by atoms with Crippen LogP contribution in [0.4, 0.5) is 20.6 Å². The summed E-state index contributed by atoms with van der Waals surface area (Å²) < 4.78 is 25.2. The molecule has 5 rings (SSSR count). The summed E-state index contributed by atoms with van der Waals surface area (Å²) in [4.78, 5) is 40.5. The summed E-state index contributed by atoms with van der Waals surface area (Å²) in [6.45, 7) is 1.64. The Morgan fingerprint density at radius 2 is 1.74 bits per heavy atom. The first-order valence-corrected chi connectivity index (χ1v) is 9.87. The predicted molar refractivity (Wildman–Crippen MR) is 109 cm³/mol. The van der Waals surface area contributed by atoms with Gasteiger partial charge in [0.25, 0.3) is 11.8 Å². The topological polar surface area (TPSA) is 88.2 Å². The molecule has 2 fully saturated rings. The third-order valence-electron chi connectivity index (χ3n) is 5.45. The van der Waals surface area contributed by atoms with E-state index >= 15 is 0 Å². The van der Waals surface area contributed by atoms with E-state index in [0.29, 0.717) is 22.7 Å². The number of nitrogens with zero attached hydrogens (tertiary/aromatic N) is 2. The summed E-state index contributed by atoms with van der Waals surface area (Å²) >= 11 is 0. The van der Waals surface area contributed by atoms with E-state index in [-0.39, 0.29) is 18.1 Å². The van der Waals surface area contributed by atoms with E-state index in [1.807, 2.05) is 4.90 Å². The number of amides is 4. The molecule has 1 N–H and O–H groups in total. The van der Waals surface area contributed by atoms with Crippen molar-refractivity contribution in [1.29, 1.82) is 0 Å². The average Bonchev–Trinajstić information content (AvgIpc) is 3.42. The normalized spacial score (nSPS) is 19.4. The minimum Gasteiger partial charge on any atom is -0.454 e. The number of benzene rings is 2. The smallest absolute Gasteiger partial charge is 0.335 e. The van der Waals surface area contributed by atoms with Crippen molar-refractivity contribution in [3.63, 3.8) is 0 Å². The van der Waals surface area contributed by atoms with Gasteiger partial charge in [-0.2, -0.15) is 0 Å². The molecule has 0 spiro atoms. The fourth-order valence-electron chi connectivity index (χ4n) is 3.91. The van der Waals surface area contributed by atoms with E-state index in [2.05, 4.69) is 5.32 Å². The Morgan fingerprint density at radius 3 is 2.52 bits per heavy atom. The highest BCUT2D eigenvalue weighted by molar-refractivity contribution is 6.39. The average molecular weight is 423 g/mol. The fraction of sp³-hybridized carbons (Fsp3) is 0.227. The lowest BCUT2D eigenvalue weighted by atomic mass is 10.1. The van der Waals surface area contributed by atoms with Crippen LogP contribution in [0.15, 0.2) is 42.0 Å². The monoisotopic (exact) mass is 423 g/mol. The quantitative estimate of drug-likeness (QED) is 0.603. The number of carbonyl (C=O) groups is 3. The highest BCUT2D eigenvalue weighted by atomic mass is 19.1. The third-order valence-corrected chi connectivity index (χ3v) is 5.45. The Labute approximate surface area is 176 Å². The highest BCUT2D eigenvalue weighted by Gasteiger charge is 2.37. The lowest BCUT2D eigenvalue weighted by Crippen LogP contribution is -2.54. The van der Waals surface area contributed by atoms with Gasteiger partial charge in [-0.3, -0.25) is 14.9 Å². The van der Waals surface area contributed by atoms with E-state index < -0.39 is 23.7 Å². The predicted octanol–water partition coefficient (Wildman–Crippen LogP) is 2.82. The minimum atomic E-state index is -0.874. The molecule has 4 amide bonds. The van der Waals surface area contributed by atoms with Crippen LogP contribution in [0.1, 0.15) is 18.4 Å². The van der Waals surface area contributed by atoms with E-state index in [1.54, 1.807) is 18.2 Å². The summed E-state index contributed by atoms with van der Waals surface area (Å²) in [5, 5.41) is 2.15. The molecule has 0 atom stereocenters. The number of rotatable bonds is 3. The van der Waals surface area contributed by atoms with Gasteiger partial charge in [0, 0.05) is 19.2 Å². The van der Waals surface area contributed by atoms with Gasteiger partial charge >= 0.3 is 6.03 Å². The van der Waals surface area contributed by atoms with E-state index in [9.17, 15) is 18.8 Å². The van der Waals surface area contributed by atoms with E-state index in [0.717, 1.165) is 30.8 Å². The van der Waals surface area contributed by atoms with Gasteiger partial charge in [-0.15, -0.1) is 0 Å². The number of carbonyl (C=O) groups excluding carboxylic acids is 3.